The van der Waals surface area contributed by atoms with Gasteiger partial charge in [-0.15, -0.1) is 0 Å². The first kappa shape index (κ1) is 39.4. The first-order valence-electron chi connectivity index (χ1n) is 23.4. The predicted octanol–water partition coefficient (Wildman–Crippen LogP) is 12.2. The summed E-state index contributed by atoms with van der Waals surface area (Å²) in [6.07, 6.45) is 45.5. The molecule has 1 saturated heterocycles. The van der Waals surface area contributed by atoms with Crippen LogP contribution in [0.2, 0.25) is 0 Å². The summed E-state index contributed by atoms with van der Waals surface area (Å²) in [6.45, 7) is 2.87. The van der Waals surface area contributed by atoms with Crippen LogP contribution in [0.1, 0.15) is 88.2 Å². The van der Waals surface area contributed by atoms with E-state index in [0.29, 0.717) is 18.2 Å². The molecule has 0 bridgehead atoms. The van der Waals surface area contributed by atoms with Crippen LogP contribution in [0.25, 0.3) is 5.57 Å². The molecule has 6 aliphatic carbocycles. The minimum atomic E-state index is -0.0164. The number of hydrogen-bond acceptors (Lipinski definition) is 4. The highest BCUT2D eigenvalue weighted by Crippen LogP contribution is 2.53. The molecule has 3 aliphatic heterocycles. The third-order valence-corrected chi connectivity index (χ3v) is 14.3. The molecule has 316 valence electrons. The van der Waals surface area contributed by atoms with Crippen molar-refractivity contribution in [2.45, 2.75) is 89.1 Å². The lowest BCUT2D eigenvalue weighted by Gasteiger charge is -2.37. The number of fused-ring (bicyclic) bond motifs is 6. The Hall–Kier alpha value is -6.40. The summed E-state index contributed by atoms with van der Waals surface area (Å²) in [4.78, 5) is 13.3. The van der Waals surface area contributed by atoms with E-state index in [9.17, 15) is 0 Å². The highest BCUT2D eigenvalue weighted by Gasteiger charge is 2.46. The Bertz CT molecular complexity index is 2700. The highest BCUT2D eigenvalue weighted by atomic mass is 16.5. The van der Waals surface area contributed by atoms with Crippen LogP contribution in [0.5, 0.6) is 0 Å². The lowest BCUT2D eigenvalue weighted by molar-refractivity contribution is 0.324. The SMILES string of the molecule is CC(/N=C(\N=C(/N)C1=C(N2c3ccccc3C3C=C4C(=CC32)OC2=CC=CCC24)NCC(C2=CC(c3ccccc3)=CCC2C2=CCCC=C2)=C1)C1=CCCC=C1)C1=CCCCC1. The lowest BCUT2D eigenvalue weighted by atomic mass is 9.76. The van der Waals surface area contributed by atoms with Gasteiger partial charge in [-0.3, -0.25) is 4.99 Å². The summed E-state index contributed by atoms with van der Waals surface area (Å²) < 4.78 is 6.63. The zero-order valence-electron chi connectivity index (χ0n) is 36.3. The van der Waals surface area contributed by atoms with Crippen LogP contribution in [0, 0.1) is 11.8 Å². The zero-order chi connectivity index (χ0) is 42.3. The van der Waals surface area contributed by atoms with E-state index in [1.165, 1.54) is 63.1 Å². The number of rotatable bonds is 8. The van der Waals surface area contributed by atoms with Gasteiger partial charge in [0.2, 0.25) is 0 Å². The second kappa shape index (κ2) is 17.0. The molecular formula is C57H57N5O. The quantitative estimate of drug-likeness (QED) is 0.158. The molecule has 0 aromatic heterocycles. The predicted molar refractivity (Wildman–Crippen MR) is 260 cm³/mol. The van der Waals surface area contributed by atoms with Crippen LogP contribution in [-0.2, 0) is 4.74 Å². The molecule has 5 unspecified atom stereocenters. The Balaban J connectivity index is 1.08. The minimum absolute atomic E-state index is 0.0164. The van der Waals surface area contributed by atoms with Gasteiger partial charge in [-0.1, -0.05) is 127 Å². The molecule has 11 rings (SSSR count). The van der Waals surface area contributed by atoms with Crippen molar-refractivity contribution in [3.05, 3.63) is 213 Å². The van der Waals surface area contributed by atoms with E-state index >= 15 is 0 Å². The van der Waals surface area contributed by atoms with Crippen LogP contribution >= 0.6 is 0 Å². The van der Waals surface area contributed by atoms with E-state index in [-0.39, 0.29) is 29.8 Å². The lowest BCUT2D eigenvalue weighted by Crippen LogP contribution is -2.43. The van der Waals surface area contributed by atoms with Gasteiger partial charge in [0.1, 0.15) is 23.2 Å². The normalized spacial score (nSPS) is 26.8. The molecule has 0 radical (unpaired) electrons. The molecule has 0 spiro atoms. The first-order valence-corrected chi connectivity index (χ1v) is 23.4. The fourth-order valence-electron chi connectivity index (χ4n) is 11.0. The standard InChI is InChI=1S/C57H57N5O/c1-37(38-18-6-2-7-19-38)60-56(41-24-12-5-13-25-41)61-55(58)50-33-43(47-32-42(39-20-8-3-9-21-39)30-31-44(47)40-22-10-4-11-23-40)36-59-57(50)62-51-28-16-14-26-45(51)48-34-49-46-27-15-17-29-53(46)63-54(49)35-52(48)62/h3,8-10,12,14-18,20-26,28-30,32-35,37,44,46,48,52,59H,2,4-7,11,13,19,27,31,36H2,1H3,(H2,58,60,61). The van der Waals surface area contributed by atoms with Gasteiger partial charge >= 0.3 is 0 Å². The van der Waals surface area contributed by atoms with Crippen molar-refractivity contribution in [3.63, 3.8) is 0 Å². The Morgan fingerprint density at radius 3 is 2.51 bits per heavy atom. The topological polar surface area (TPSA) is 75.2 Å². The third-order valence-electron chi connectivity index (χ3n) is 14.3. The first-order chi connectivity index (χ1) is 31.1. The maximum atomic E-state index is 7.52. The largest absolute Gasteiger partial charge is 0.461 e. The summed E-state index contributed by atoms with van der Waals surface area (Å²) in [6, 6.07) is 19.7. The van der Waals surface area contributed by atoms with Crippen molar-refractivity contribution < 1.29 is 4.74 Å². The van der Waals surface area contributed by atoms with Crippen LogP contribution in [0.4, 0.5) is 5.69 Å². The van der Waals surface area contributed by atoms with E-state index in [2.05, 4.69) is 163 Å². The number of amidine groups is 2. The molecule has 0 saturated carbocycles. The number of aliphatic imine (C=N–C) groups is 2. The van der Waals surface area contributed by atoms with Crippen LogP contribution in [-0.4, -0.2) is 30.3 Å². The summed E-state index contributed by atoms with van der Waals surface area (Å²) >= 11 is 0. The minimum Gasteiger partial charge on any atom is -0.461 e. The van der Waals surface area contributed by atoms with Crippen molar-refractivity contribution in [2.24, 2.45) is 27.6 Å². The average Bonchev–Trinajstić information content (AvgIpc) is 3.88. The number of ether oxygens (including phenoxy) is 1. The average molecular weight is 828 g/mol. The summed E-state index contributed by atoms with van der Waals surface area (Å²) in [5.41, 5.74) is 21.1. The molecule has 63 heavy (non-hydrogen) atoms. The monoisotopic (exact) mass is 827 g/mol. The second-order valence-corrected chi connectivity index (χ2v) is 18.2. The second-order valence-electron chi connectivity index (χ2n) is 18.2. The molecule has 3 heterocycles. The summed E-state index contributed by atoms with van der Waals surface area (Å²) in [7, 11) is 0. The van der Waals surface area contributed by atoms with Crippen LogP contribution < -0.4 is 16.0 Å². The molecule has 6 heteroatoms. The molecule has 0 amide bonds. The van der Waals surface area contributed by atoms with Gasteiger partial charge in [0.25, 0.3) is 0 Å². The molecular weight excluding hydrogens is 771 g/mol. The molecule has 1 fully saturated rings. The molecule has 3 N–H and O–H groups in total. The summed E-state index contributed by atoms with van der Waals surface area (Å²) in [5.74, 6) is 4.81. The number of nitrogens with one attached hydrogen (secondary N) is 1. The number of benzene rings is 2. The van der Waals surface area contributed by atoms with E-state index in [1.807, 2.05) is 0 Å². The van der Waals surface area contributed by atoms with Gasteiger partial charge in [0.15, 0.2) is 5.84 Å². The molecule has 9 aliphatic rings. The zero-order valence-corrected chi connectivity index (χ0v) is 36.3. The smallest absolute Gasteiger partial charge is 0.157 e. The van der Waals surface area contributed by atoms with Gasteiger partial charge in [-0.05, 0) is 129 Å². The molecule has 5 atom stereocenters. The van der Waals surface area contributed by atoms with Crippen molar-refractivity contribution in [2.75, 3.05) is 11.4 Å². The number of hydrogen-bond donors (Lipinski definition) is 2. The maximum Gasteiger partial charge on any atom is 0.157 e. The van der Waals surface area contributed by atoms with E-state index in [0.717, 1.165) is 79.9 Å². The van der Waals surface area contributed by atoms with Gasteiger partial charge < -0.3 is 20.7 Å². The molecule has 2 aromatic carbocycles. The highest BCUT2D eigenvalue weighted by molar-refractivity contribution is 6.13. The fraction of sp³-hybridized carbons (Fsp3) is 0.298. The fourth-order valence-corrected chi connectivity index (χ4v) is 11.0. The maximum absolute atomic E-state index is 7.52. The summed E-state index contributed by atoms with van der Waals surface area (Å²) in [5, 5.41) is 4.04. The molecule has 2 aromatic rings. The van der Waals surface area contributed by atoms with E-state index in [4.69, 9.17) is 20.5 Å². The van der Waals surface area contributed by atoms with Crippen molar-refractivity contribution in [1.82, 2.24) is 5.32 Å². The third kappa shape index (κ3) is 7.53. The molecule has 6 nitrogen and oxygen atoms in total. The van der Waals surface area contributed by atoms with Crippen molar-refractivity contribution in [1.29, 1.82) is 0 Å². The Kier molecular flexibility index (Phi) is 10.7. The van der Waals surface area contributed by atoms with Crippen molar-refractivity contribution in [3.8, 4) is 0 Å². The number of nitrogens with two attached hydrogens (primary N) is 1. The van der Waals surface area contributed by atoms with E-state index < -0.39 is 0 Å². The number of allylic oxidation sites excluding steroid dienone is 15. The number of para-hydroxylation sites is 1. The van der Waals surface area contributed by atoms with Gasteiger partial charge in [0.05, 0.1) is 17.7 Å². The van der Waals surface area contributed by atoms with Gasteiger partial charge in [0, 0.05) is 41.1 Å². The van der Waals surface area contributed by atoms with Gasteiger partial charge in [-0.2, -0.15) is 0 Å². The van der Waals surface area contributed by atoms with E-state index in [1.54, 1.807) is 0 Å². The van der Waals surface area contributed by atoms with Crippen LogP contribution in [0.15, 0.2) is 212 Å². The van der Waals surface area contributed by atoms with Crippen molar-refractivity contribution >= 4 is 22.9 Å². The Morgan fingerprint density at radius 1 is 0.825 bits per heavy atom. The number of dihydropyridines is 1. The Labute approximate surface area is 372 Å². The van der Waals surface area contributed by atoms with Crippen LogP contribution in [0.3, 0.4) is 0 Å². The Morgan fingerprint density at radius 2 is 1.68 bits per heavy atom. The number of nitrogens with zero attached hydrogens (tertiary/aromatic N) is 3. The number of anilines is 1. The van der Waals surface area contributed by atoms with Gasteiger partial charge in [-0.25, -0.2) is 4.99 Å².